The molecule has 1 saturated carbocycles. The van der Waals surface area contributed by atoms with E-state index in [1.807, 2.05) is 13.8 Å². The molecule has 2 atom stereocenters. The topological polar surface area (TPSA) is 80.9 Å². The molecule has 0 amide bonds. The zero-order valence-electron chi connectivity index (χ0n) is 12.7. The van der Waals surface area contributed by atoms with Crippen LogP contribution in [0.1, 0.15) is 71.2 Å². The Morgan fingerprint density at radius 3 is 2.70 bits per heavy atom. The van der Waals surface area contributed by atoms with Crippen LogP contribution in [0.25, 0.3) is 0 Å². The summed E-state index contributed by atoms with van der Waals surface area (Å²) in [7, 11) is 0. The summed E-state index contributed by atoms with van der Waals surface area (Å²) in [5.74, 6) is 0.536. The van der Waals surface area contributed by atoms with Crippen molar-refractivity contribution in [3.8, 4) is 0 Å². The molecular weight excluding hydrogens is 256 g/mol. The van der Waals surface area contributed by atoms with Crippen LogP contribution in [-0.2, 0) is 4.79 Å². The molecule has 2 unspecified atom stereocenters. The third-order valence-electron chi connectivity index (χ3n) is 4.55. The second kappa shape index (κ2) is 5.50. The van der Waals surface area contributed by atoms with Crippen LogP contribution in [0.2, 0.25) is 0 Å². The van der Waals surface area contributed by atoms with Gasteiger partial charge in [0.15, 0.2) is 5.82 Å². The zero-order chi connectivity index (χ0) is 14.9. The molecule has 0 aliphatic heterocycles. The number of carboxylic acids is 1. The first-order chi connectivity index (χ1) is 9.33. The summed E-state index contributed by atoms with van der Waals surface area (Å²) >= 11 is 0. The Bertz CT molecular complexity index is 481. The molecule has 112 valence electrons. The summed E-state index contributed by atoms with van der Waals surface area (Å²) in [4.78, 5) is 11.1. The Morgan fingerprint density at radius 1 is 1.50 bits per heavy atom. The first-order valence-electron chi connectivity index (χ1n) is 7.32. The minimum atomic E-state index is -0.809. The number of tetrazole rings is 1. The molecule has 0 spiro atoms. The molecule has 6 nitrogen and oxygen atoms in total. The van der Waals surface area contributed by atoms with Gasteiger partial charge in [-0.05, 0) is 34.6 Å². The van der Waals surface area contributed by atoms with Crippen molar-refractivity contribution in [2.45, 2.75) is 65.3 Å². The van der Waals surface area contributed by atoms with E-state index < -0.39 is 5.97 Å². The number of carboxylic acid groups (broad SMARTS) is 1. The standard InChI is InChI=1S/C14H24N4O2/c1-9(2)11(8-12(19)20)18-13(15-16-17-18)10-6-5-7-14(10,3)4/h9-11H,5-8H2,1-4H3,(H,19,20). The van der Waals surface area contributed by atoms with Crippen LogP contribution in [0.4, 0.5) is 0 Å². The van der Waals surface area contributed by atoms with E-state index in [2.05, 4.69) is 29.4 Å². The molecule has 1 aromatic heterocycles. The van der Waals surface area contributed by atoms with Crippen LogP contribution in [-0.4, -0.2) is 31.3 Å². The van der Waals surface area contributed by atoms with Crippen molar-refractivity contribution in [2.24, 2.45) is 11.3 Å². The lowest BCUT2D eigenvalue weighted by Crippen LogP contribution is -2.26. The first kappa shape index (κ1) is 14.9. The zero-order valence-corrected chi connectivity index (χ0v) is 12.7. The molecule has 1 aliphatic rings. The number of hydrogen-bond donors (Lipinski definition) is 1. The van der Waals surface area contributed by atoms with E-state index >= 15 is 0 Å². The van der Waals surface area contributed by atoms with E-state index in [4.69, 9.17) is 5.11 Å². The molecule has 0 bridgehead atoms. The lowest BCUT2D eigenvalue weighted by atomic mass is 9.81. The van der Waals surface area contributed by atoms with E-state index in [9.17, 15) is 4.79 Å². The second-order valence-electron chi connectivity index (χ2n) is 6.82. The van der Waals surface area contributed by atoms with E-state index in [-0.39, 0.29) is 23.8 Å². The van der Waals surface area contributed by atoms with Gasteiger partial charge in [-0.1, -0.05) is 34.1 Å². The molecule has 2 rings (SSSR count). The molecular formula is C14H24N4O2. The lowest BCUT2D eigenvalue weighted by molar-refractivity contribution is -0.138. The van der Waals surface area contributed by atoms with Gasteiger partial charge in [0.05, 0.1) is 12.5 Å². The number of aliphatic carboxylic acids is 1. The van der Waals surface area contributed by atoms with Crippen molar-refractivity contribution in [3.05, 3.63) is 5.82 Å². The summed E-state index contributed by atoms with van der Waals surface area (Å²) in [5.41, 5.74) is 0.178. The minimum Gasteiger partial charge on any atom is -0.481 e. The van der Waals surface area contributed by atoms with Crippen LogP contribution in [0.15, 0.2) is 0 Å². The van der Waals surface area contributed by atoms with Crippen LogP contribution in [0, 0.1) is 11.3 Å². The Morgan fingerprint density at radius 2 is 2.20 bits per heavy atom. The van der Waals surface area contributed by atoms with Crippen molar-refractivity contribution >= 4 is 5.97 Å². The number of rotatable bonds is 5. The first-order valence-corrected chi connectivity index (χ1v) is 7.32. The van der Waals surface area contributed by atoms with Crippen LogP contribution >= 0.6 is 0 Å². The third-order valence-corrected chi connectivity index (χ3v) is 4.55. The number of carbonyl (C=O) groups is 1. The van der Waals surface area contributed by atoms with Gasteiger partial charge in [-0.2, -0.15) is 0 Å². The van der Waals surface area contributed by atoms with Gasteiger partial charge in [0.2, 0.25) is 0 Å². The quantitative estimate of drug-likeness (QED) is 0.896. The molecule has 0 radical (unpaired) electrons. The highest BCUT2D eigenvalue weighted by molar-refractivity contribution is 5.67. The van der Waals surface area contributed by atoms with E-state index in [0.29, 0.717) is 5.92 Å². The number of hydrogen-bond acceptors (Lipinski definition) is 4. The van der Waals surface area contributed by atoms with Gasteiger partial charge in [-0.25, -0.2) is 4.68 Å². The van der Waals surface area contributed by atoms with Gasteiger partial charge in [0.25, 0.3) is 0 Å². The summed E-state index contributed by atoms with van der Waals surface area (Å²) in [6.45, 7) is 8.51. The van der Waals surface area contributed by atoms with Gasteiger partial charge in [-0.15, -0.1) is 5.10 Å². The maximum absolute atomic E-state index is 11.1. The van der Waals surface area contributed by atoms with Gasteiger partial charge < -0.3 is 5.11 Å². The minimum absolute atomic E-state index is 0.0584. The average molecular weight is 280 g/mol. The van der Waals surface area contributed by atoms with Gasteiger partial charge >= 0.3 is 5.97 Å². The largest absolute Gasteiger partial charge is 0.481 e. The normalized spacial score (nSPS) is 23.1. The molecule has 1 aliphatic carbocycles. The molecule has 1 N–H and O–H groups in total. The summed E-state index contributed by atoms with van der Waals surface area (Å²) < 4.78 is 1.76. The predicted molar refractivity (Wildman–Crippen MR) is 74.3 cm³/mol. The molecule has 20 heavy (non-hydrogen) atoms. The van der Waals surface area contributed by atoms with Crippen LogP contribution < -0.4 is 0 Å². The second-order valence-corrected chi connectivity index (χ2v) is 6.82. The van der Waals surface area contributed by atoms with Crippen LogP contribution in [0.5, 0.6) is 0 Å². The fourth-order valence-electron chi connectivity index (χ4n) is 3.25. The Kier molecular flexibility index (Phi) is 4.11. The highest BCUT2D eigenvalue weighted by Gasteiger charge is 2.40. The smallest absolute Gasteiger partial charge is 0.305 e. The molecule has 1 heterocycles. The van der Waals surface area contributed by atoms with Gasteiger partial charge in [-0.3, -0.25) is 4.79 Å². The van der Waals surface area contributed by atoms with Crippen molar-refractivity contribution < 1.29 is 9.90 Å². The maximum atomic E-state index is 11.1. The third kappa shape index (κ3) is 2.83. The highest BCUT2D eigenvalue weighted by atomic mass is 16.4. The van der Waals surface area contributed by atoms with E-state index in [0.717, 1.165) is 18.7 Å². The highest BCUT2D eigenvalue weighted by Crippen LogP contribution is 2.48. The van der Waals surface area contributed by atoms with Crippen molar-refractivity contribution in [1.29, 1.82) is 0 Å². The van der Waals surface area contributed by atoms with Crippen molar-refractivity contribution in [2.75, 3.05) is 0 Å². The Hall–Kier alpha value is -1.46. The molecule has 0 aromatic carbocycles. The summed E-state index contributed by atoms with van der Waals surface area (Å²) in [6, 6.07) is -0.186. The average Bonchev–Trinajstić information content (AvgIpc) is 2.90. The van der Waals surface area contributed by atoms with E-state index in [1.54, 1.807) is 4.68 Å². The molecule has 0 saturated heterocycles. The fraction of sp³-hybridized carbons (Fsp3) is 0.857. The summed E-state index contributed by atoms with van der Waals surface area (Å²) in [5, 5.41) is 21.2. The van der Waals surface area contributed by atoms with Crippen molar-refractivity contribution in [1.82, 2.24) is 20.2 Å². The lowest BCUT2D eigenvalue weighted by Gasteiger charge is -2.28. The maximum Gasteiger partial charge on any atom is 0.305 e. The van der Waals surface area contributed by atoms with Gasteiger partial charge in [0, 0.05) is 5.92 Å². The van der Waals surface area contributed by atoms with Gasteiger partial charge in [0.1, 0.15) is 0 Å². The number of aromatic nitrogens is 4. The Balaban J connectivity index is 2.33. The Labute approximate surface area is 119 Å². The van der Waals surface area contributed by atoms with Crippen molar-refractivity contribution in [3.63, 3.8) is 0 Å². The molecule has 6 heteroatoms. The molecule has 1 aromatic rings. The SMILES string of the molecule is CC(C)C(CC(=O)O)n1nnnc1C1CCCC1(C)C. The molecule has 1 fully saturated rings. The monoisotopic (exact) mass is 280 g/mol. The van der Waals surface area contributed by atoms with Crippen LogP contribution in [0.3, 0.4) is 0 Å². The predicted octanol–water partition coefficient (Wildman–Crippen LogP) is 2.64. The van der Waals surface area contributed by atoms with E-state index in [1.165, 1.54) is 6.42 Å². The fourth-order valence-corrected chi connectivity index (χ4v) is 3.25. The summed E-state index contributed by atoms with van der Waals surface area (Å²) in [6.07, 6.45) is 3.47. The number of nitrogens with zero attached hydrogens (tertiary/aromatic N) is 4.